The molecule has 5 nitrogen and oxygen atoms in total. The molecule has 0 saturated heterocycles. The highest BCUT2D eigenvalue weighted by molar-refractivity contribution is 4.57. The molecule has 172 valence electrons. The van der Waals surface area contributed by atoms with Gasteiger partial charge in [0, 0.05) is 0 Å². The van der Waals surface area contributed by atoms with Crippen LogP contribution < -0.4 is 0 Å². The van der Waals surface area contributed by atoms with Crippen molar-refractivity contribution in [1.82, 2.24) is 0 Å². The van der Waals surface area contributed by atoms with Gasteiger partial charge in [0.05, 0.1) is 50.3 Å². The predicted molar refractivity (Wildman–Crippen MR) is 118 cm³/mol. The summed E-state index contributed by atoms with van der Waals surface area (Å²) in [6.45, 7) is 15.0. The molecule has 0 radical (unpaired) electrons. The molecular formula is C23H50O5. The van der Waals surface area contributed by atoms with Crippen molar-refractivity contribution in [3.05, 3.63) is 0 Å². The zero-order valence-corrected chi connectivity index (χ0v) is 19.8. The number of aliphatic hydroxyl groups excluding tert-OH is 2. The lowest BCUT2D eigenvalue weighted by molar-refractivity contribution is -0.0620. The molecule has 5 atom stereocenters. The van der Waals surface area contributed by atoms with Crippen molar-refractivity contribution in [1.29, 1.82) is 0 Å². The number of hydrogen-bond donors (Lipinski definition) is 2. The van der Waals surface area contributed by atoms with E-state index in [1.807, 2.05) is 6.92 Å². The maximum absolute atomic E-state index is 8.92. The van der Waals surface area contributed by atoms with Gasteiger partial charge in [0.15, 0.2) is 0 Å². The van der Waals surface area contributed by atoms with Crippen molar-refractivity contribution < 1.29 is 24.4 Å². The van der Waals surface area contributed by atoms with Crippen LogP contribution in [0.15, 0.2) is 0 Å². The summed E-state index contributed by atoms with van der Waals surface area (Å²) >= 11 is 0. The second kappa shape index (κ2) is 21.5. The minimum Gasteiger partial charge on any atom is -0.394 e. The lowest BCUT2D eigenvalue weighted by Gasteiger charge is -2.19. The second-order valence-corrected chi connectivity index (χ2v) is 8.07. The van der Waals surface area contributed by atoms with Gasteiger partial charge in [-0.25, -0.2) is 0 Å². The van der Waals surface area contributed by atoms with Crippen LogP contribution in [0.4, 0.5) is 0 Å². The Balaban J connectivity index is 0. The van der Waals surface area contributed by atoms with Gasteiger partial charge in [-0.1, -0.05) is 52.4 Å². The van der Waals surface area contributed by atoms with E-state index in [0.717, 1.165) is 0 Å². The minimum absolute atomic E-state index is 0.0170. The molecule has 28 heavy (non-hydrogen) atoms. The van der Waals surface area contributed by atoms with E-state index in [2.05, 4.69) is 27.7 Å². The molecule has 0 aliphatic heterocycles. The molecule has 0 aliphatic carbocycles. The molecule has 0 saturated carbocycles. The zero-order chi connectivity index (χ0) is 21.8. The highest BCUT2D eigenvalue weighted by Crippen LogP contribution is 2.12. The average molecular weight is 407 g/mol. The van der Waals surface area contributed by atoms with Gasteiger partial charge in [-0.2, -0.15) is 0 Å². The standard InChI is InChI=1S/C14H30O.C9H20O4/c1-5-7-9-11-13(3)15-14(4)12-10-8-6-2;1-7(11)5-12-9(3)6-13-8(2)4-10/h13-14H,5-12H2,1-4H3;7-11H,4-6H2,1-3H3. The lowest BCUT2D eigenvalue weighted by Crippen LogP contribution is -2.24. The Labute approximate surface area is 175 Å². The van der Waals surface area contributed by atoms with E-state index in [-0.39, 0.29) is 18.8 Å². The average Bonchev–Trinajstić information content (AvgIpc) is 2.65. The Morgan fingerprint density at radius 2 is 1.11 bits per heavy atom. The minimum atomic E-state index is -0.447. The third-order valence-corrected chi connectivity index (χ3v) is 4.39. The first-order valence-electron chi connectivity index (χ1n) is 11.4. The van der Waals surface area contributed by atoms with Crippen LogP contribution in [0.2, 0.25) is 0 Å². The summed E-state index contributed by atoms with van der Waals surface area (Å²) in [5.41, 5.74) is 0. The first-order chi connectivity index (χ1) is 13.3. The molecule has 5 heteroatoms. The summed E-state index contributed by atoms with van der Waals surface area (Å²) in [5, 5.41) is 17.6. The predicted octanol–water partition coefficient (Wildman–Crippen LogP) is 5.11. The van der Waals surface area contributed by atoms with Crippen molar-refractivity contribution in [2.45, 2.75) is 130 Å². The first-order valence-corrected chi connectivity index (χ1v) is 11.4. The van der Waals surface area contributed by atoms with Gasteiger partial charge in [0.2, 0.25) is 0 Å². The summed E-state index contributed by atoms with van der Waals surface area (Å²) in [6.07, 6.45) is 10.6. The molecule has 0 bridgehead atoms. The second-order valence-electron chi connectivity index (χ2n) is 8.07. The van der Waals surface area contributed by atoms with Crippen LogP contribution in [-0.2, 0) is 14.2 Å². The smallest absolute Gasteiger partial charge is 0.0781 e. The van der Waals surface area contributed by atoms with Crippen LogP contribution >= 0.6 is 0 Å². The molecule has 0 aliphatic rings. The first kappa shape index (κ1) is 30.0. The van der Waals surface area contributed by atoms with E-state index in [0.29, 0.717) is 25.4 Å². The Hall–Kier alpha value is -0.200. The van der Waals surface area contributed by atoms with Gasteiger partial charge in [-0.15, -0.1) is 0 Å². The monoisotopic (exact) mass is 406 g/mol. The topological polar surface area (TPSA) is 68.2 Å². The van der Waals surface area contributed by atoms with Crippen LogP contribution in [0.3, 0.4) is 0 Å². The number of aliphatic hydroxyl groups is 2. The summed E-state index contributed by atoms with van der Waals surface area (Å²) in [6, 6.07) is 0. The largest absolute Gasteiger partial charge is 0.394 e. The Morgan fingerprint density at radius 1 is 0.643 bits per heavy atom. The number of hydrogen-bond acceptors (Lipinski definition) is 5. The zero-order valence-electron chi connectivity index (χ0n) is 19.8. The SMILES string of the molecule is CC(O)COC(C)COC(C)CO.CCCCCC(C)OC(C)CCCCC. The lowest BCUT2D eigenvalue weighted by atomic mass is 10.1. The van der Waals surface area contributed by atoms with Crippen molar-refractivity contribution in [3.63, 3.8) is 0 Å². The summed E-state index contributed by atoms with van der Waals surface area (Å²) < 4.78 is 16.4. The molecule has 0 amide bonds. The number of unbranched alkanes of at least 4 members (excludes halogenated alkanes) is 4. The Kier molecular flexibility index (Phi) is 23.0. The van der Waals surface area contributed by atoms with Gasteiger partial charge in [0.1, 0.15) is 0 Å². The van der Waals surface area contributed by atoms with Gasteiger partial charge in [-0.3, -0.25) is 0 Å². The van der Waals surface area contributed by atoms with Gasteiger partial charge < -0.3 is 24.4 Å². The van der Waals surface area contributed by atoms with Crippen LogP contribution in [0, 0.1) is 0 Å². The van der Waals surface area contributed by atoms with Crippen molar-refractivity contribution in [3.8, 4) is 0 Å². The van der Waals surface area contributed by atoms with Gasteiger partial charge in [-0.05, 0) is 47.5 Å². The van der Waals surface area contributed by atoms with E-state index in [1.165, 1.54) is 51.4 Å². The number of ether oxygens (including phenoxy) is 3. The van der Waals surface area contributed by atoms with Crippen molar-refractivity contribution in [2.24, 2.45) is 0 Å². The molecule has 0 fully saturated rings. The fraction of sp³-hybridized carbons (Fsp3) is 1.00. The molecule has 2 N–H and O–H groups in total. The third kappa shape index (κ3) is 23.8. The quantitative estimate of drug-likeness (QED) is 0.329. The Morgan fingerprint density at radius 3 is 1.50 bits per heavy atom. The van der Waals surface area contributed by atoms with Crippen molar-refractivity contribution >= 4 is 0 Å². The van der Waals surface area contributed by atoms with Gasteiger partial charge in [0.25, 0.3) is 0 Å². The van der Waals surface area contributed by atoms with E-state index in [4.69, 9.17) is 24.4 Å². The fourth-order valence-electron chi connectivity index (χ4n) is 2.60. The van der Waals surface area contributed by atoms with Crippen LogP contribution in [0.5, 0.6) is 0 Å². The molecule has 5 unspecified atom stereocenters. The molecule has 0 rings (SSSR count). The fourth-order valence-corrected chi connectivity index (χ4v) is 2.60. The van der Waals surface area contributed by atoms with Crippen LogP contribution in [0.1, 0.15) is 99.8 Å². The highest BCUT2D eigenvalue weighted by atomic mass is 16.5. The van der Waals surface area contributed by atoms with Gasteiger partial charge >= 0.3 is 0 Å². The van der Waals surface area contributed by atoms with Crippen LogP contribution in [-0.4, -0.2) is 60.6 Å². The van der Waals surface area contributed by atoms with E-state index >= 15 is 0 Å². The maximum atomic E-state index is 8.92. The summed E-state index contributed by atoms with van der Waals surface area (Å²) in [5.74, 6) is 0. The highest BCUT2D eigenvalue weighted by Gasteiger charge is 2.08. The Bertz CT molecular complexity index is 285. The molecule has 0 aromatic carbocycles. The molecular weight excluding hydrogens is 356 g/mol. The number of rotatable bonds is 17. The molecule has 0 heterocycles. The van der Waals surface area contributed by atoms with E-state index in [1.54, 1.807) is 13.8 Å². The van der Waals surface area contributed by atoms with Crippen LogP contribution in [0.25, 0.3) is 0 Å². The van der Waals surface area contributed by atoms with Crippen molar-refractivity contribution in [2.75, 3.05) is 19.8 Å². The molecule has 0 spiro atoms. The molecule has 0 aromatic heterocycles. The molecule has 0 aromatic rings. The summed E-state index contributed by atoms with van der Waals surface area (Å²) in [7, 11) is 0. The summed E-state index contributed by atoms with van der Waals surface area (Å²) in [4.78, 5) is 0. The van der Waals surface area contributed by atoms with E-state index < -0.39 is 6.10 Å². The maximum Gasteiger partial charge on any atom is 0.0781 e. The van der Waals surface area contributed by atoms with E-state index in [9.17, 15) is 0 Å². The third-order valence-electron chi connectivity index (χ3n) is 4.39. The normalized spacial score (nSPS) is 16.6.